The molecule has 0 aromatic heterocycles. The Balaban J connectivity index is -0.0000000384. The maximum atomic E-state index is 10.8. The number of halogens is 6. The zero-order valence-electron chi connectivity index (χ0n) is 15.1. The van der Waals surface area contributed by atoms with E-state index in [0.29, 0.717) is 0 Å². The van der Waals surface area contributed by atoms with Crippen molar-refractivity contribution in [3.05, 3.63) is 35.9 Å². The number of hydrogen-bond acceptors (Lipinski definition) is 0. The molecule has 0 radical (unpaired) electrons. The van der Waals surface area contributed by atoms with Crippen molar-refractivity contribution < 1.29 is 26.3 Å². The van der Waals surface area contributed by atoms with Crippen LogP contribution in [-0.4, -0.2) is 12.4 Å². The van der Waals surface area contributed by atoms with Gasteiger partial charge in [0.2, 0.25) is 0 Å². The standard InChI is InChI=1S/C7H8.C3H2F6.C3H8.2C2H6.3CH4/c1-7-5-3-2-4-6-7;4-2(5,6)1-3(7,8)9;1-3-2;2*1-2;;;/h2-6H,1H3;1H2;3H2,1-2H3;2*1-2H3;3*1H4. The SMILES string of the molecule is C.C.C.CC.CC.CCC.Cc1ccccc1.FC(F)(F)CC(F)(F)F. The Bertz CT molecular complexity index is 290. The third-order valence-corrected chi connectivity index (χ3v) is 1.34. The molecule has 0 unspecified atom stereocenters. The first kappa shape index (κ1) is 44.3. The van der Waals surface area contributed by atoms with Gasteiger partial charge >= 0.3 is 12.4 Å². The van der Waals surface area contributed by atoms with Crippen LogP contribution in [0.15, 0.2) is 30.3 Å². The molecular weight excluding hydrogens is 354 g/mol. The van der Waals surface area contributed by atoms with Gasteiger partial charge in [-0.3, -0.25) is 0 Å². The third kappa shape index (κ3) is 66.1. The minimum Gasteiger partial charge on any atom is -0.171 e. The fraction of sp³-hybridized carbons (Fsp3) is 0.700. The Kier molecular flexibility index (Phi) is 48.8. The molecule has 0 bridgehead atoms. The number of aryl methyl sites for hydroxylation is 1. The Hall–Kier alpha value is -1.20. The number of rotatable bonds is 0. The van der Waals surface area contributed by atoms with E-state index < -0.39 is 18.8 Å². The molecule has 0 atom stereocenters. The minimum absolute atomic E-state index is 0. The summed E-state index contributed by atoms with van der Waals surface area (Å²) in [6, 6.07) is 10.3. The monoisotopic (exact) mass is 396 g/mol. The van der Waals surface area contributed by atoms with Crippen molar-refractivity contribution in [1.29, 1.82) is 0 Å². The molecule has 1 aromatic carbocycles. The number of benzene rings is 1. The van der Waals surface area contributed by atoms with Gasteiger partial charge in [0.25, 0.3) is 0 Å². The second-order valence-corrected chi connectivity index (χ2v) is 3.77. The normalized spacial score (nSPS) is 8.35. The highest BCUT2D eigenvalue weighted by atomic mass is 19.4. The van der Waals surface area contributed by atoms with Crippen molar-refractivity contribution >= 4 is 0 Å². The molecule has 1 rings (SSSR count). The summed E-state index contributed by atoms with van der Waals surface area (Å²) in [7, 11) is 0. The first-order valence-corrected chi connectivity index (χ1v) is 7.67. The van der Waals surface area contributed by atoms with Crippen molar-refractivity contribution in [2.45, 2.75) is 95.9 Å². The van der Waals surface area contributed by atoms with E-state index in [1.54, 1.807) is 0 Å². The second-order valence-electron chi connectivity index (χ2n) is 3.77. The average Bonchev–Trinajstić information content (AvgIpc) is 2.41. The summed E-state index contributed by atoms with van der Waals surface area (Å²) in [5.74, 6) is 0. The Labute approximate surface area is 159 Å². The molecular formula is C20H42F6. The molecule has 0 heterocycles. The van der Waals surface area contributed by atoms with Crippen LogP contribution in [-0.2, 0) is 0 Å². The molecule has 1 aromatic rings. The van der Waals surface area contributed by atoms with Gasteiger partial charge in [0.1, 0.15) is 6.42 Å². The molecule has 0 aliphatic heterocycles. The summed E-state index contributed by atoms with van der Waals surface area (Å²) in [6.45, 7) is 14.3. The van der Waals surface area contributed by atoms with Gasteiger partial charge in [-0.1, -0.05) is 106 Å². The fourth-order valence-electron chi connectivity index (χ4n) is 0.762. The highest BCUT2D eigenvalue weighted by molar-refractivity contribution is 5.11. The molecule has 0 N–H and O–H groups in total. The van der Waals surface area contributed by atoms with E-state index in [0.717, 1.165) is 0 Å². The summed E-state index contributed by atoms with van der Waals surface area (Å²) in [6.07, 6.45) is -11.7. The van der Waals surface area contributed by atoms with Crippen molar-refractivity contribution in [3.8, 4) is 0 Å². The quantitative estimate of drug-likeness (QED) is 0.383. The topological polar surface area (TPSA) is 0 Å². The zero-order chi connectivity index (χ0) is 19.5. The molecule has 26 heavy (non-hydrogen) atoms. The lowest BCUT2D eigenvalue weighted by Crippen LogP contribution is -2.20. The van der Waals surface area contributed by atoms with Crippen LogP contribution in [0.3, 0.4) is 0 Å². The predicted molar refractivity (Wildman–Crippen MR) is 107 cm³/mol. The molecule has 164 valence electrons. The van der Waals surface area contributed by atoms with Crippen LogP contribution in [0, 0.1) is 6.92 Å². The molecule has 0 amide bonds. The van der Waals surface area contributed by atoms with Crippen LogP contribution in [0.25, 0.3) is 0 Å². The van der Waals surface area contributed by atoms with E-state index in [4.69, 9.17) is 0 Å². The average molecular weight is 397 g/mol. The first-order valence-electron chi connectivity index (χ1n) is 7.67. The van der Waals surface area contributed by atoms with E-state index in [9.17, 15) is 26.3 Å². The highest BCUT2D eigenvalue weighted by Gasteiger charge is 2.43. The van der Waals surface area contributed by atoms with E-state index >= 15 is 0 Å². The van der Waals surface area contributed by atoms with E-state index in [1.165, 1.54) is 12.0 Å². The van der Waals surface area contributed by atoms with Gasteiger partial charge in [0.05, 0.1) is 0 Å². The van der Waals surface area contributed by atoms with Crippen LogP contribution in [0.1, 0.15) is 82.2 Å². The molecule has 0 nitrogen and oxygen atoms in total. The zero-order valence-corrected chi connectivity index (χ0v) is 15.1. The van der Waals surface area contributed by atoms with Crippen molar-refractivity contribution in [2.24, 2.45) is 0 Å². The number of alkyl halides is 6. The molecule has 0 spiro atoms. The van der Waals surface area contributed by atoms with Crippen LogP contribution < -0.4 is 0 Å². The van der Waals surface area contributed by atoms with Gasteiger partial charge in [0, 0.05) is 0 Å². The Morgan fingerprint density at radius 2 is 0.885 bits per heavy atom. The minimum atomic E-state index is -5.14. The Morgan fingerprint density at radius 1 is 0.654 bits per heavy atom. The van der Waals surface area contributed by atoms with E-state index in [2.05, 4.69) is 32.9 Å². The van der Waals surface area contributed by atoms with Crippen molar-refractivity contribution in [3.63, 3.8) is 0 Å². The van der Waals surface area contributed by atoms with Gasteiger partial charge in [-0.2, -0.15) is 26.3 Å². The lowest BCUT2D eigenvalue weighted by molar-refractivity contribution is -0.232. The largest absolute Gasteiger partial charge is 0.397 e. The highest BCUT2D eigenvalue weighted by Crippen LogP contribution is 2.31. The first-order chi connectivity index (χ1) is 10.5. The molecule has 0 saturated carbocycles. The fourth-order valence-corrected chi connectivity index (χ4v) is 0.762. The molecule has 0 fully saturated rings. The predicted octanol–water partition coefficient (Wildman–Crippen LogP) is 9.87. The van der Waals surface area contributed by atoms with Gasteiger partial charge in [-0.15, -0.1) is 0 Å². The molecule has 0 aliphatic rings. The smallest absolute Gasteiger partial charge is 0.171 e. The maximum absolute atomic E-state index is 10.8. The maximum Gasteiger partial charge on any atom is 0.397 e. The van der Waals surface area contributed by atoms with Gasteiger partial charge in [-0.05, 0) is 6.92 Å². The number of hydrogen-bond donors (Lipinski definition) is 0. The van der Waals surface area contributed by atoms with Crippen LogP contribution in [0.4, 0.5) is 26.3 Å². The van der Waals surface area contributed by atoms with Crippen molar-refractivity contribution in [1.82, 2.24) is 0 Å². The lowest BCUT2D eigenvalue weighted by Gasteiger charge is -2.08. The third-order valence-electron chi connectivity index (χ3n) is 1.34. The van der Waals surface area contributed by atoms with Crippen LogP contribution in [0.5, 0.6) is 0 Å². The van der Waals surface area contributed by atoms with E-state index in [-0.39, 0.29) is 22.3 Å². The van der Waals surface area contributed by atoms with Gasteiger partial charge in [-0.25, -0.2) is 0 Å². The summed E-state index contributed by atoms with van der Waals surface area (Å²) in [5.41, 5.74) is 1.32. The summed E-state index contributed by atoms with van der Waals surface area (Å²) in [4.78, 5) is 0. The summed E-state index contributed by atoms with van der Waals surface area (Å²) in [5, 5.41) is 0. The second kappa shape index (κ2) is 28.6. The van der Waals surface area contributed by atoms with E-state index in [1.807, 2.05) is 45.9 Å². The lowest BCUT2D eigenvalue weighted by atomic mass is 10.2. The van der Waals surface area contributed by atoms with Crippen molar-refractivity contribution in [2.75, 3.05) is 0 Å². The molecule has 0 aliphatic carbocycles. The summed E-state index contributed by atoms with van der Waals surface area (Å²) < 4.78 is 65.0. The van der Waals surface area contributed by atoms with Crippen LogP contribution >= 0.6 is 0 Å². The van der Waals surface area contributed by atoms with Gasteiger partial charge < -0.3 is 0 Å². The van der Waals surface area contributed by atoms with Gasteiger partial charge in [0.15, 0.2) is 0 Å². The van der Waals surface area contributed by atoms with Crippen LogP contribution in [0.2, 0.25) is 0 Å². The molecule has 6 heteroatoms. The summed E-state index contributed by atoms with van der Waals surface area (Å²) >= 11 is 0. The molecule has 0 saturated heterocycles. The Morgan fingerprint density at radius 3 is 0.962 bits per heavy atom.